The van der Waals surface area contributed by atoms with Crippen LogP contribution < -0.4 is 0 Å². The monoisotopic (exact) mass is 430 g/mol. The number of likely N-dealkylation sites (N-methyl/N-ethyl adjacent to an activating group) is 1. The van der Waals surface area contributed by atoms with Gasteiger partial charge in [-0.3, -0.25) is 4.90 Å². The molecule has 0 aliphatic carbocycles. The van der Waals surface area contributed by atoms with E-state index in [1.807, 2.05) is 49.2 Å². The van der Waals surface area contributed by atoms with Crippen LogP contribution in [-0.2, 0) is 22.3 Å². The van der Waals surface area contributed by atoms with Crippen molar-refractivity contribution < 1.29 is 13.5 Å². The highest BCUT2D eigenvalue weighted by molar-refractivity contribution is 7.98. The van der Waals surface area contributed by atoms with Crippen molar-refractivity contribution >= 4 is 21.8 Å². The van der Waals surface area contributed by atoms with Gasteiger partial charge in [-0.2, -0.15) is 0 Å². The summed E-state index contributed by atoms with van der Waals surface area (Å²) in [5.41, 5.74) is 2.93. The molecule has 29 heavy (non-hydrogen) atoms. The van der Waals surface area contributed by atoms with Gasteiger partial charge in [-0.25, -0.2) is 12.4 Å². The summed E-state index contributed by atoms with van der Waals surface area (Å²) in [6, 6.07) is 16.9. The van der Waals surface area contributed by atoms with Gasteiger partial charge in [-0.1, -0.05) is 35.9 Å². The number of thioether (sulfide) groups is 1. The minimum atomic E-state index is -3.65. The lowest BCUT2D eigenvalue weighted by Gasteiger charge is -2.15. The molecule has 0 radical (unpaired) electrons. The number of nitrogens with zero attached hydrogens (tertiary/aromatic N) is 2. The highest BCUT2D eigenvalue weighted by atomic mass is 32.2. The van der Waals surface area contributed by atoms with Crippen molar-refractivity contribution in [2.45, 2.75) is 29.0 Å². The number of aliphatic hydroxyl groups is 1. The molecule has 0 unspecified atom stereocenters. The van der Waals surface area contributed by atoms with Crippen molar-refractivity contribution in [3.05, 3.63) is 83.7 Å². The van der Waals surface area contributed by atoms with E-state index < -0.39 is 10.0 Å². The van der Waals surface area contributed by atoms with E-state index in [0.717, 1.165) is 21.6 Å². The second kappa shape index (κ2) is 9.63. The van der Waals surface area contributed by atoms with Crippen LogP contribution in [0.25, 0.3) is 0 Å². The number of aryl methyl sites for hydroxylation is 1. The normalized spacial score (nSPS) is 11.9. The molecule has 1 N–H and O–H groups in total. The van der Waals surface area contributed by atoms with Crippen molar-refractivity contribution in [1.82, 2.24) is 8.87 Å². The molecule has 0 bridgehead atoms. The predicted molar refractivity (Wildman–Crippen MR) is 118 cm³/mol. The van der Waals surface area contributed by atoms with Crippen molar-refractivity contribution in [2.75, 3.05) is 20.2 Å². The summed E-state index contributed by atoms with van der Waals surface area (Å²) >= 11 is 1.67. The zero-order valence-electron chi connectivity index (χ0n) is 16.7. The molecule has 0 spiro atoms. The van der Waals surface area contributed by atoms with E-state index in [9.17, 15) is 13.5 Å². The third-order valence-corrected chi connectivity index (χ3v) is 7.33. The fourth-order valence-electron chi connectivity index (χ4n) is 2.97. The smallest absolute Gasteiger partial charge is 0.267 e. The Bertz CT molecular complexity index is 1030. The molecule has 0 fully saturated rings. The summed E-state index contributed by atoms with van der Waals surface area (Å²) in [4.78, 5) is 3.39. The van der Waals surface area contributed by atoms with E-state index in [2.05, 4.69) is 0 Å². The molecule has 3 aromatic rings. The fourth-order valence-corrected chi connectivity index (χ4v) is 5.16. The van der Waals surface area contributed by atoms with E-state index in [-0.39, 0.29) is 11.5 Å². The average molecular weight is 431 g/mol. The first-order valence-electron chi connectivity index (χ1n) is 9.39. The van der Waals surface area contributed by atoms with Crippen LogP contribution in [0.15, 0.2) is 76.8 Å². The summed E-state index contributed by atoms with van der Waals surface area (Å²) in [6.45, 7) is 3.09. The Morgan fingerprint density at radius 3 is 2.31 bits per heavy atom. The maximum Gasteiger partial charge on any atom is 0.267 e. The third kappa shape index (κ3) is 5.51. The molecular formula is C22H26N2O3S2. The highest BCUT2D eigenvalue weighted by Crippen LogP contribution is 2.27. The molecule has 0 saturated carbocycles. The van der Waals surface area contributed by atoms with Crippen molar-refractivity contribution in [2.24, 2.45) is 0 Å². The molecular weight excluding hydrogens is 404 g/mol. The zero-order valence-corrected chi connectivity index (χ0v) is 18.3. The summed E-state index contributed by atoms with van der Waals surface area (Å²) in [5.74, 6) is 0.669. The first-order valence-corrected chi connectivity index (χ1v) is 11.8. The first kappa shape index (κ1) is 21.6. The molecule has 0 amide bonds. The van der Waals surface area contributed by atoms with Crippen LogP contribution in [0.2, 0.25) is 0 Å². The quantitative estimate of drug-likeness (QED) is 0.524. The van der Waals surface area contributed by atoms with Gasteiger partial charge in [-0.15, -0.1) is 11.8 Å². The highest BCUT2D eigenvalue weighted by Gasteiger charge is 2.20. The van der Waals surface area contributed by atoms with Crippen LogP contribution in [0.4, 0.5) is 0 Å². The van der Waals surface area contributed by atoms with Gasteiger partial charge in [0.2, 0.25) is 0 Å². The molecule has 5 nitrogen and oxygen atoms in total. The second-order valence-electron chi connectivity index (χ2n) is 7.02. The lowest BCUT2D eigenvalue weighted by Crippen LogP contribution is -2.21. The zero-order chi connectivity index (χ0) is 20.9. The Morgan fingerprint density at radius 1 is 1.00 bits per heavy atom. The summed E-state index contributed by atoms with van der Waals surface area (Å²) in [5, 5.41) is 9.19. The Labute approximate surface area is 177 Å². The van der Waals surface area contributed by atoms with Gasteiger partial charge in [0, 0.05) is 36.1 Å². The molecule has 3 rings (SSSR count). The number of aliphatic hydroxyl groups excluding tert-OH is 1. The molecule has 0 aliphatic rings. The van der Waals surface area contributed by atoms with E-state index in [4.69, 9.17) is 0 Å². The molecule has 1 aromatic heterocycles. The largest absolute Gasteiger partial charge is 0.395 e. The van der Waals surface area contributed by atoms with Gasteiger partial charge >= 0.3 is 0 Å². The van der Waals surface area contributed by atoms with Crippen LogP contribution in [0.5, 0.6) is 0 Å². The molecule has 1 heterocycles. The molecule has 0 saturated heterocycles. The third-order valence-electron chi connectivity index (χ3n) is 4.63. The van der Waals surface area contributed by atoms with Crippen molar-refractivity contribution in [1.29, 1.82) is 0 Å². The van der Waals surface area contributed by atoms with E-state index >= 15 is 0 Å². The van der Waals surface area contributed by atoms with Crippen molar-refractivity contribution in [3.8, 4) is 0 Å². The maximum atomic E-state index is 13.1. The van der Waals surface area contributed by atoms with Gasteiger partial charge in [0.1, 0.15) is 0 Å². The first-order chi connectivity index (χ1) is 13.9. The lowest BCUT2D eigenvalue weighted by atomic mass is 10.2. The predicted octanol–water partition coefficient (Wildman–Crippen LogP) is 3.75. The van der Waals surface area contributed by atoms with E-state index in [0.29, 0.717) is 18.8 Å². The maximum absolute atomic E-state index is 13.1. The minimum Gasteiger partial charge on any atom is -0.395 e. The summed E-state index contributed by atoms with van der Waals surface area (Å²) in [6.07, 6.45) is 3.41. The summed E-state index contributed by atoms with van der Waals surface area (Å²) < 4.78 is 27.5. The molecule has 154 valence electrons. The van der Waals surface area contributed by atoms with Crippen molar-refractivity contribution in [3.63, 3.8) is 0 Å². The van der Waals surface area contributed by atoms with Crippen LogP contribution in [-0.4, -0.2) is 42.6 Å². The van der Waals surface area contributed by atoms with Gasteiger partial charge in [-0.05, 0) is 49.4 Å². The summed E-state index contributed by atoms with van der Waals surface area (Å²) in [7, 11) is -1.74. The Morgan fingerprint density at radius 2 is 1.66 bits per heavy atom. The van der Waals surface area contributed by atoms with Crippen LogP contribution >= 0.6 is 11.8 Å². The topological polar surface area (TPSA) is 62.5 Å². The molecule has 2 aromatic carbocycles. The van der Waals surface area contributed by atoms with Gasteiger partial charge in [0.15, 0.2) is 0 Å². The van der Waals surface area contributed by atoms with Gasteiger partial charge in [0.25, 0.3) is 10.0 Å². The standard InChI is InChI=1S/C22H26N2O3S2/c1-18-8-10-22(11-9-18)29(26,27)24-15-19(14-23(2)12-13-25)20(16-24)17-28-21-6-4-3-5-7-21/h3-11,15-16,25H,12-14,17H2,1-2H3. The van der Waals surface area contributed by atoms with Crippen LogP contribution in [0, 0.1) is 6.92 Å². The second-order valence-corrected chi connectivity index (χ2v) is 9.91. The fraction of sp³-hybridized carbons (Fsp3) is 0.273. The van der Waals surface area contributed by atoms with E-state index in [1.165, 1.54) is 3.97 Å². The van der Waals surface area contributed by atoms with E-state index in [1.54, 1.807) is 48.4 Å². The average Bonchev–Trinajstić information content (AvgIpc) is 3.11. The van der Waals surface area contributed by atoms with Gasteiger partial charge in [0.05, 0.1) is 11.5 Å². The number of aromatic nitrogens is 1. The molecule has 7 heteroatoms. The number of rotatable bonds is 9. The number of hydrogen-bond acceptors (Lipinski definition) is 5. The lowest BCUT2D eigenvalue weighted by molar-refractivity contribution is 0.217. The number of benzene rings is 2. The van der Waals surface area contributed by atoms with Crippen LogP contribution in [0.1, 0.15) is 16.7 Å². The Hall–Kier alpha value is -2.06. The minimum absolute atomic E-state index is 0.0625. The van der Waals surface area contributed by atoms with Gasteiger partial charge < -0.3 is 5.11 Å². The SMILES string of the molecule is Cc1ccc(S(=O)(=O)n2cc(CSc3ccccc3)c(CN(C)CCO)c2)cc1. The number of hydrogen-bond donors (Lipinski definition) is 1. The molecule has 0 atom stereocenters. The Kier molecular flexibility index (Phi) is 7.18. The van der Waals surface area contributed by atoms with Crippen LogP contribution in [0.3, 0.4) is 0 Å². The molecule has 0 aliphatic heterocycles. The Balaban J connectivity index is 1.91.